The minimum atomic E-state index is -1.26. The predicted octanol–water partition coefficient (Wildman–Crippen LogP) is 0.574. The Morgan fingerprint density at radius 2 is 1.85 bits per heavy atom. The lowest BCUT2D eigenvalue weighted by molar-refractivity contribution is -0.145. The summed E-state index contributed by atoms with van der Waals surface area (Å²) in [6, 6.07) is 5.08. The average Bonchev–Trinajstić information content (AvgIpc) is 3.21. The molecule has 2 rings (SSSR count). The summed E-state index contributed by atoms with van der Waals surface area (Å²) in [5, 5.41) is 28.3. The molecule has 1 aromatic carbocycles. The summed E-state index contributed by atoms with van der Waals surface area (Å²) >= 11 is 0. The standard InChI is InChI=1S/C21H27N5O7/c1-33-21(32)16(23-18(27)4-2-3-13-5-7-14(22)8-6-13)11-15-12-26(25-24-15)17(20(30)31)9-10-19(28)29/h5-8,12,16-17H,2-4,9-11,22H2,1H3,(H,23,27)(H,28,29)(H,30,31). The lowest BCUT2D eigenvalue weighted by Gasteiger charge is -2.15. The fraction of sp³-hybridized carbons (Fsp3) is 0.429. The molecule has 0 saturated heterocycles. The van der Waals surface area contributed by atoms with Crippen LogP contribution >= 0.6 is 0 Å². The highest BCUT2D eigenvalue weighted by Crippen LogP contribution is 2.15. The number of nitrogens with two attached hydrogens (primary N) is 1. The molecule has 1 amide bonds. The van der Waals surface area contributed by atoms with Gasteiger partial charge in [0.25, 0.3) is 0 Å². The Kier molecular flexibility index (Phi) is 9.33. The highest BCUT2D eigenvalue weighted by atomic mass is 16.5. The molecule has 5 N–H and O–H groups in total. The Balaban J connectivity index is 1.96. The van der Waals surface area contributed by atoms with Gasteiger partial charge in [-0.3, -0.25) is 9.59 Å². The number of nitrogens with zero attached hydrogens (tertiary/aromatic N) is 3. The largest absolute Gasteiger partial charge is 0.481 e. The van der Waals surface area contributed by atoms with Gasteiger partial charge >= 0.3 is 17.9 Å². The van der Waals surface area contributed by atoms with E-state index in [2.05, 4.69) is 15.6 Å². The van der Waals surface area contributed by atoms with Gasteiger partial charge in [-0.15, -0.1) is 5.10 Å². The van der Waals surface area contributed by atoms with Crippen molar-refractivity contribution in [2.45, 2.75) is 50.6 Å². The molecule has 0 aliphatic heterocycles. The summed E-state index contributed by atoms with van der Waals surface area (Å²) in [5.41, 5.74) is 7.59. The fourth-order valence-corrected chi connectivity index (χ4v) is 3.14. The summed E-state index contributed by atoms with van der Waals surface area (Å²) in [4.78, 5) is 46.7. The van der Waals surface area contributed by atoms with Crippen molar-refractivity contribution in [2.75, 3.05) is 12.8 Å². The molecule has 0 spiro atoms. The van der Waals surface area contributed by atoms with Crippen LogP contribution in [0.25, 0.3) is 0 Å². The maximum atomic E-state index is 12.3. The molecule has 33 heavy (non-hydrogen) atoms. The van der Waals surface area contributed by atoms with Crippen LogP contribution in [-0.2, 0) is 36.8 Å². The number of carbonyl (C=O) groups excluding carboxylic acids is 2. The minimum Gasteiger partial charge on any atom is -0.481 e. The number of aromatic nitrogens is 3. The summed E-state index contributed by atoms with van der Waals surface area (Å²) in [5.74, 6) is -3.42. The van der Waals surface area contributed by atoms with Crippen molar-refractivity contribution in [3.8, 4) is 0 Å². The second-order valence-electron chi connectivity index (χ2n) is 7.42. The van der Waals surface area contributed by atoms with Crippen LogP contribution in [-0.4, -0.2) is 62.2 Å². The molecular formula is C21H27N5O7. The van der Waals surface area contributed by atoms with Crippen LogP contribution in [0.5, 0.6) is 0 Å². The van der Waals surface area contributed by atoms with E-state index in [9.17, 15) is 24.3 Å². The lowest BCUT2D eigenvalue weighted by atomic mass is 10.1. The number of carboxylic acid groups (broad SMARTS) is 2. The van der Waals surface area contributed by atoms with E-state index in [0.717, 1.165) is 10.2 Å². The topological polar surface area (TPSA) is 187 Å². The van der Waals surface area contributed by atoms with E-state index >= 15 is 0 Å². The number of esters is 1. The quantitative estimate of drug-likeness (QED) is 0.243. The number of carboxylic acids is 2. The molecule has 0 bridgehead atoms. The molecule has 178 valence electrons. The molecule has 2 atom stereocenters. The number of carbonyl (C=O) groups is 4. The second-order valence-corrected chi connectivity index (χ2v) is 7.42. The van der Waals surface area contributed by atoms with Crippen LogP contribution in [0.4, 0.5) is 5.69 Å². The van der Waals surface area contributed by atoms with Crippen molar-refractivity contribution >= 4 is 29.5 Å². The molecule has 0 fully saturated rings. The van der Waals surface area contributed by atoms with E-state index in [-0.39, 0.29) is 37.3 Å². The van der Waals surface area contributed by atoms with Gasteiger partial charge in [-0.25, -0.2) is 14.3 Å². The maximum absolute atomic E-state index is 12.3. The predicted molar refractivity (Wildman–Crippen MR) is 115 cm³/mol. The van der Waals surface area contributed by atoms with Gasteiger partial charge in [-0.05, 0) is 37.0 Å². The third-order valence-electron chi connectivity index (χ3n) is 4.88. The van der Waals surface area contributed by atoms with Gasteiger partial charge in [0.05, 0.1) is 12.8 Å². The second kappa shape index (κ2) is 12.2. The number of ether oxygens (including phenoxy) is 1. The Hall–Kier alpha value is -3.96. The number of benzene rings is 1. The van der Waals surface area contributed by atoms with E-state index in [1.165, 1.54) is 13.3 Å². The summed E-state index contributed by atoms with van der Waals surface area (Å²) < 4.78 is 5.78. The minimum absolute atomic E-state index is 0.0678. The highest BCUT2D eigenvalue weighted by Gasteiger charge is 2.26. The van der Waals surface area contributed by atoms with E-state index in [1.54, 1.807) is 12.1 Å². The number of hydrogen-bond donors (Lipinski definition) is 4. The van der Waals surface area contributed by atoms with Gasteiger partial charge in [-0.1, -0.05) is 17.3 Å². The smallest absolute Gasteiger partial charge is 0.328 e. The molecule has 1 heterocycles. The molecule has 0 saturated carbocycles. The molecule has 0 aliphatic carbocycles. The van der Waals surface area contributed by atoms with Crippen molar-refractivity contribution in [2.24, 2.45) is 0 Å². The van der Waals surface area contributed by atoms with Crippen LogP contribution in [0.1, 0.15) is 43.0 Å². The maximum Gasteiger partial charge on any atom is 0.328 e. The van der Waals surface area contributed by atoms with Crippen LogP contribution in [0, 0.1) is 0 Å². The molecule has 0 radical (unpaired) electrons. The highest BCUT2D eigenvalue weighted by molar-refractivity contribution is 5.84. The molecule has 2 unspecified atom stereocenters. The number of nitrogens with one attached hydrogen (secondary N) is 1. The molecule has 12 heteroatoms. The molecule has 12 nitrogen and oxygen atoms in total. The lowest BCUT2D eigenvalue weighted by Crippen LogP contribution is -2.43. The number of methoxy groups -OCH3 is 1. The van der Waals surface area contributed by atoms with Gasteiger partial charge in [-0.2, -0.15) is 0 Å². The van der Waals surface area contributed by atoms with Crippen molar-refractivity contribution in [3.05, 3.63) is 41.7 Å². The normalized spacial score (nSPS) is 12.5. The molecule has 1 aromatic heterocycles. The number of nitrogen functional groups attached to an aromatic ring is 1. The Labute approximate surface area is 189 Å². The number of anilines is 1. The van der Waals surface area contributed by atoms with Crippen LogP contribution < -0.4 is 11.1 Å². The van der Waals surface area contributed by atoms with Gasteiger partial charge in [0.15, 0.2) is 6.04 Å². The Morgan fingerprint density at radius 3 is 2.45 bits per heavy atom. The number of aryl methyl sites for hydroxylation is 1. The third-order valence-corrected chi connectivity index (χ3v) is 4.88. The number of hydrogen-bond acceptors (Lipinski definition) is 8. The Bertz CT molecular complexity index is 974. The van der Waals surface area contributed by atoms with Crippen LogP contribution in [0.2, 0.25) is 0 Å². The summed E-state index contributed by atoms with van der Waals surface area (Å²) in [6.07, 6.45) is 2.11. The van der Waals surface area contributed by atoms with Gasteiger partial charge in [0.2, 0.25) is 5.91 Å². The van der Waals surface area contributed by atoms with Crippen molar-refractivity contribution in [1.29, 1.82) is 0 Å². The molecule has 0 aliphatic rings. The third kappa shape index (κ3) is 8.24. The number of amides is 1. The first-order valence-electron chi connectivity index (χ1n) is 10.3. The zero-order chi connectivity index (χ0) is 24.4. The summed E-state index contributed by atoms with van der Waals surface area (Å²) in [7, 11) is 1.19. The zero-order valence-electron chi connectivity index (χ0n) is 18.1. The first kappa shape index (κ1) is 25.3. The van der Waals surface area contributed by atoms with E-state index < -0.39 is 30.0 Å². The first-order chi connectivity index (χ1) is 15.7. The van der Waals surface area contributed by atoms with E-state index in [1.807, 2.05) is 12.1 Å². The van der Waals surface area contributed by atoms with Crippen molar-refractivity contribution in [3.63, 3.8) is 0 Å². The van der Waals surface area contributed by atoms with Gasteiger partial charge in [0, 0.05) is 31.1 Å². The van der Waals surface area contributed by atoms with Crippen LogP contribution in [0.3, 0.4) is 0 Å². The van der Waals surface area contributed by atoms with Gasteiger partial charge < -0.3 is 26.0 Å². The van der Waals surface area contributed by atoms with Gasteiger partial charge in [0.1, 0.15) is 6.04 Å². The van der Waals surface area contributed by atoms with E-state index in [0.29, 0.717) is 18.5 Å². The molecular weight excluding hydrogens is 434 g/mol. The van der Waals surface area contributed by atoms with Crippen molar-refractivity contribution < 1.29 is 34.1 Å². The van der Waals surface area contributed by atoms with Crippen molar-refractivity contribution in [1.82, 2.24) is 20.3 Å². The van der Waals surface area contributed by atoms with Crippen LogP contribution in [0.15, 0.2) is 30.5 Å². The number of aliphatic carboxylic acids is 2. The van der Waals surface area contributed by atoms with E-state index in [4.69, 9.17) is 15.6 Å². The summed E-state index contributed by atoms with van der Waals surface area (Å²) in [6.45, 7) is 0. The Morgan fingerprint density at radius 1 is 1.15 bits per heavy atom. The monoisotopic (exact) mass is 461 g/mol. The number of rotatable bonds is 13. The SMILES string of the molecule is COC(=O)C(Cc1cn(C(CCC(=O)O)C(=O)O)nn1)NC(=O)CCCc1ccc(N)cc1. The first-order valence-corrected chi connectivity index (χ1v) is 10.3. The fourth-order valence-electron chi connectivity index (χ4n) is 3.14. The average molecular weight is 461 g/mol. The molecule has 2 aromatic rings. The zero-order valence-corrected chi connectivity index (χ0v) is 18.1.